The summed E-state index contributed by atoms with van der Waals surface area (Å²) in [5.41, 5.74) is 0.113. The van der Waals surface area contributed by atoms with Gasteiger partial charge >= 0.3 is 12.1 Å². The molecule has 82 valence electrons. The van der Waals surface area contributed by atoms with Crippen LogP contribution in [0.25, 0.3) is 0 Å². The van der Waals surface area contributed by atoms with E-state index in [2.05, 4.69) is 0 Å². The van der Waals surface area contributed by atoms with Crippen LogP contribution in [0.5, 0.6) is 0 Å². The third-order valence-electron chi connectivity index (χ3n) is 1.66. The Hall–Kier alpha value is -1.72. The molecule has 0 saturated heterocycles. The Morgan fingerprint density at radius 2 is 1.80 bits per heavy atom. The molecule has 0 bridgehead atoms. The number of carbonyl (C=O) groups is 1. The van der Waals surface area contributed by atoms with Crippen LogP contribution in [0.3, 0.4) is 0 Å². The van der Waals surface area contributed by atoms with Crippen molar-refractivity contribution < 1.29 is 23.1 Å². The van der Waals surface area contributed by atoms with Gasteiger partial charge in [-0.25, -0.2) is 4.79 Å². The molecule has 0 amide bonds. The minimum absolute atomic E-state index is 0.113. The number of aliphatic carboxylic acids is 1. The first-order chi connectivity index (χ1) is 6.91. The van der Waals surface area contributed by atoms with Crippen LogP contribution in [0.4, 0.5) is 18.9 Å². The van der Waals surface area contributed by atoms with Gasteiger partial charge in [-0.1, -0.05) is 18.2 Å². The average molecular weight is 219 g/mol. The molecule has 0 aromatic heterocycles. The first-order valence-corrected chi connectivity index (χ1v) is 4.02. The molecule has 0 aliphatic rings. The first kappa shape index (κ1) is 11.4. The number of benzene rings is 1. The Morgan fingerprint density at radius 1 is 1.27 bits per heavy atom. The highest BCUT2D eigenvalue weighted by molar-refractivity contribution is 5.78. The lowest BCUT2D eigenvalue weighted by Crippen LogP contribution is -2.42. The van der Waals surface area contributed by atoms with Crippen LogP contribution in [0.15, 0.2) is 30.3 Å². The molecule has 6 heteroatoms. The van der Waals surface area contributed by atoms with E-state index in [1.165, 1.54) is 24.3 Å². The zero-order chi connectivity index (χ0) is 11.5. The molecule has 15 heavy (non-hydrogen) atoms. The second-order valence-corrected chi connectivity index (χ2v) is 2.82. The number of anilines is 1. The fourth-order valence-electron chi connectivity index (χ4n) is 0.985. The maximum Gasteiger partial charge on any atom is 0.419 e. The third kappa shape index (κ3) is 3.16. The van der Waals surface area contributed by atoms with Crippen molar-refractivity contribution in [3.8, 4) is 0 Å². The quantitative estimate of drug-likeness (QED) is 0.818. The van der Waals surface area contributed by atoms with E-state index >= 15 is 0 Å². The van der Waals surface area contributed by atoms with Gasteiger partial charge in [0, 0.05) is 5.69 Å². The molecule has 0 fully saturated rings. The van der Waals surface area contributed by atoms with Crippen molar-refractivity contribution in [1.82, 2.24) is 0 Å². The summed E-state index contributed by atoms with van der Waals surface area (Å²) in [7, 11) is 0. The van der Waals surface area contributed by atoms with E-state index in [4.69, 9.17) is 5.11 Å². The summed E-state index contributed by atoms with van der Waals surface area (Å²) in [6.45, 7) is 0. The maximum atomic E-state index is 12.2. The van der Waals surface area contributed by atoms with Crippen LogP contribution < -0.4 is 5.32 Å². The number of nitrogens with one attached hydrogen (secondary N) is 1. The predicted octanol–water partition coefficient (Wildman–Crippen LogP) is 2.11. The minimum Gasteiger partial charge on any atom is -0.479 e. The molecule has 0 radical (unpaired) electrons. The van der Waals surface area contributed by atoms with Gasteiger partial charge in [-0.3, -0.25) is 0 Å². The highest BCUT2D eigenvalue weighted by Gasteiger charge is 2.45. The van der Waals surface area contributed by atoms with E-state index in [9.17, 15) is 18.0 Å². The summed E-state index contributed by atoms with van der Waals surface area (Å²) in [6.07, 6.45) is -4.82. The van der Waals surface area contributed by atoms with Gasteiger partial charge in [0.1, 0.15) is 0 Å². The van der Waals surface area contributed by atoms with Gasteiger partial charge in [-0.15, -0.1) is 0 Å². The van der Waals surface area contributed by atoms with Crippen LogP contribution in [0, 0.1) is 0 Å². The molecular weight excluding hydrogens is 211 g/mol. The normalized spacial score (nSPS) is 13.3. The summed E-state index contributed by atoms with van der Waals surface area (Å²) >= 11 is 0. The Bertz CT molecular complexity index is 337. The standard InChI is InChI=1S/C9H8F3NO2/c10-9(11,12)7(8(14)15)13-6-4-2-1-3-5-6/h1-5,7,13H,(H,14,15). The number of hydrogen-bond donors (Lipinski definition) is 2. The SMILES string of the molecule is O=C(O)C(Nc1ccccc1)C(F)(F)F. The van der Waals surface area contributed by atoms with E-state index in [1.807, 2.05) is 5.32 Å². The van der Waals surface area contributed by atoms with Gasteiger partial charge in [0.05, 0.1) is 0 Å². The second kappa shape index (κ2) is 4.20. The number of rotatable bonds is 3. The molecule has 0 spiro atoms. The second-order valence-electron chi connectivity index (χ2n) is 2.82. The molecule has 0 aliphatic carbocycles. The lowest BCUT2D eigenvalue weighted by atomic mass is 10.2. The maximum absolute atomic E-state index is 12.2. The van der Waals surface area contributed by atoms with Crippen molar-refractivity contribution in [2.45, 2.75) is 12.2 Å². The molecule has 1 aromatic rings. The van der Waals surface area contributed by atoms with Crippen molar-refractivity contribution >= 4 is 11.7 Å². The summed E-state index contributed by atoms with van der Waals surface area (Å²) < 4.78 is 36.6. The summed E-state index contributed by atoms with van der Waals surface area (Å²) in [5, 5.41) is 10.3. The topological polar surface area (TPSA) is 49.3 Å². The van der Waals surface area contributed by atoms with Crippen molar-refractivity contribution in [2.24, 2.45) is 0 Å². The smallest absolute Gasteiger partial charge is 0.419 e. The molecule has 1 unspecified atom stereocenters. The summed E-state index contributed by atoms with van der Waals surface area (Å²) in [5.74, 6) is -1.95. The van der Waals surface area contributed by atoms with Gasteiger partial charge in [0.15, 0.2) is 0 Å². The molecule has 0 aliphatic heterocycles. The Kier molecular flexibility index (Phi) is 3.18. The van der Waals surface area contributed by atoms with Gasteiger partial charge < -0.3 is 10.4 Å². The molecule has 2 N–H and O–H groups in total. The van der Waals surface area contributed by atoms with Crippen LogP contribution in [-0.2, 0) is 4.79 Å². The zero-order valence-corrected chi connectivity index (χ0v) is 7.45. The number of carboxylic acids is 1. The molecular formula is C9H8F3NO2. The molecule has 1 rings (SSSR count). The predicted molar refractivity (Wildman–Crippen MR) is 47.5 cm³/mol. The zero-order valence-electron chi connectivity index (χ0n) is 7.45. The largest absolute Gasteiger partial charge is 0.479 e. The molecule has 3 nitrogen and oxygen atoms in total. The number of para-hydroxylation sites is 1. The molecule has 1 aromatic carbocycles. The first-order valence-electron chi connectivity index (χ1n) is 4.02. The highest BCUT2D eigenvalue weighted by atomic mass is 19.4. The minimum atomic E-state index is -4.82. The van der Waals surface area contributed by atoms with Gasteiger partial charge in [0.25, 0.3) is 0 Å². The lowest BCUT2D eigenvalue weighted by molar-refractivity contribution is -0.171. The van der Waals surface area contributed by atoms with Gasteiger partial charge in [-0.05, 0) is 12.1 Å². The monoisotopic (exact) mass is 219 g/mol. The Balaban J connectivity index is 2.82. The highest BCUT2D eigenvalue weighted by Crippen LogP contribution is 2.23. The Labute approximate surface area is 83.5 Å². The van der Waals surface area contributed by atoms with Crippen LogP contribution >= 0.6 is 0 Å². The van der Waals surface area contributed by atoms with Crippen molar-refractivity contribution in [1.29, 1.82) is 0 Å². The van der Waals surface area contributed by atoms with Gasteiger partial charge in [-0.2, -0.15) is 13.2 Å². The average Bonchev–Trinajstić information content (AvgIpc) is 2.13. The van der Waals surface area contributed by atoms with Crippen LogP contribution in [-0.4, -0.2) is 23.3 Å². The number of hydrogen-bond acceptors (Lipinski definition) is 2. The number of carboxylic acid groups (broad SMARTS) is 1. The van der Waals surface area contributed by atoms with E-state index in [0.29, 0.717) is 0 Å². The fourth-order valence-corrected chi connectivity index (χ4v) is 0.985. The molecule has 0 heterocycles. The van der Waals surface area contributed by atoms with Gasteiger partial charge in [0.2, 0.25) is 6.04 Å². The summed E-state index contributed by atoms with van der Waals surface area (Å²) in [6, 6.07) is 4.78. The number of halogens is 3. The van der Waals surface area contributed by atoms with Crippen LogP contribution in [0.1, 0.15) is 0 Å². The number of alkyl halides is 3. The van der Waals surface area contributed by atoms with E-state index in [-0.39, 0.29) is 5.69 Å². The van der Waals surface area contributed by atoms with Crippen LogP contribution in [0.2, 0.25) is 0 Å². The molecule has 0 saturated carbocycles. The van der Waals surface area contributed by atoms with Crippen molar-refractivity contribution in [3.05, 3.63) is 30.3 Å². The van der Waals surface area contributed by atoms with Crippen molar-refractivity contribution in [2.75, 3.05) is 5.32 Å². The fraction of sp³-hybridized carbons (Fsp3) is 0.222. The third-order valence-corrected chi connectivity index (χ3v) is 1.66. The lowest BCUT2D eigenvalue weighted by Gasteiger charge is -2.18. The molecule has 1 atom stereocenters. The van der Waals surface area contributed by atoms with Crippen molar-refractivity contribution in [3.63, 3.8) is 0 Å². The van der Waals surface area contributed by atoms with E-state index in [1.54, 1.807) is 6.07 Å². The van der Waals surface area contributed by atoms with E-state index < -0.39 is 18.2 Å². The Morgan fingerprint density at radius 3 is 2.20 bits per heavy atom. The summed E-state index contributed by atoms with van der Waals surface area (Å²) in [4.78, 5) is 10.4. The van der Waals surface area contributed by atoms with E-state index in [0.717, 1.165) is 0 Å².